The number of nitrogens with two attached hydrogens (primary N) is 1. The van der Waals surface area contributed by atoms with Crippen LogP contribution in [0.25, 0.3) is 0 Å². The molecule has 0 spiro atoms. The maximum absolute atomic E-state index is 11.6. The minimum absolute atomic E-state index is 0.0243. The number of hydrogen-bond donors (Lipinski definition) is 1. The molecule has 72 valence electrons. The number of hydrogen-bond acceptors (Lipinski definition) is 3. The van der Waals surface area contributed by atoms with Gasteiger partial charge >= 0.3 is 0 Å². The molecule has 0 aliphatic heterocycles. The normalized spacial score (nSPS) is 11.1. The molecule has 0 unspecified atom stereocenters. The van der Waals surface area contributed by atoms with Crippen molar-refractivity contribution in [1.29, 1.82) is 0 Å². The Labute approximate surface area is 82.2 Å². The molecule has 0 saturated heterocycles. The molecule has 0 aliphatic carbocycles. The molecule has 3 nitrogen and oxygen atoms in total. The van der Waals surface area contributed by atoms with Gasteiger partial charge in [-0.05, 0) is 6.92 Å². The van der Waals surface area contributed by atoms with Gasteiger partial charge in [0.05, 0.1) is 5.57 Å². The summed E-state index contributed by atoms with van der Waals surface area (Å²) in [6.07, 6.45) is 1.05. The van der Waals surface area contributed by atoms with Gasteiger partial charge < -0.3 is 5.73 Å². The molecule has 1 rings (SSSR count). The smallest absolute Gasteiger partial charge is 0.198 e. The second kappa shape index (κ2) is 4.37. The largest absolute Gasteiger partial charge is 0.404 e. The first kappa shape index (κ1) is 10.2. The van der Waals surface area contributed by atoms with Gasteiger partial charge in [-0.1, -0.05) is 30.3 Å². The molecule has 0 atom stereocenters. The Morgan fingerprint density at radius 3 is 2.21 bits per heavy atom. The Hall–Kier alpha value is -1.90. The zero-order chi connectivity index (χ0) is 10.6. The van der Waals surface area contributed by atoms with E-state index < -0.39 is 0 Å². The minimum atomic E-state index is -0.333. The zero-order valence-electron chi connectivity index (χ0n) is 7.86. The standard InChI is InChI=1S/C11H11NO2/c1-8(13)10(7-12)11(14)9-5-3-2-4-6-9/h2-7H,12H2,1H3/b10-7+. The highest BCUT2D eigenvalue weighted by Gasteiger charge is 2.14. The van der Waals surface area contributed by atoms with Gasteiger partial charge in [0, 0.05) is 11.8 Å². The van der Waals surface area contributed by atoms with Crippen LogP contribution < -0.4 is 5.73 Å². The Balaban J connectivity index is 3.02. The predicted molar refractivity (Wildman–Crippen MR) is 53.7 cm³/mol. The van der Waals surface area contributed by atoms with Crippen LogP contribution in [0.1, 0.15) is 17.3 Å². The third kappa shape index (κ3) is 2.07. The maximum Gasteiger partial charge on any atom is 0.198 e. The summed E-state index contributed by atoms with van der Waals surface area (Å²) >= 11 is 0. The topological polar surface area (TPSA) is 60.2 Å². The van der Waals surface area contributed by atoms with Crippen molar-refractivity contribution in [3.63, 3.8) is 0 Å². The van der Waals surface area contributed by atoms with Crippen molar-refractivity contribution in [2.75, 3.05) is 0 Å². The van der Waals surface area contributed by atoms with Crippen molar-refractivity contribution in [3.8, 4) is 0 Å². The molecule has 0 aliphatic rings. The number of allylic oxidation sites excluding steroid dienone is 1. The quantitative estimate of drug-likeness (QED) is 0.337. The van der Waals surface area contributed by atoms with Crippen LogP contribution in [-0.2, 0) is 4.79 Å². The van der Waals surface area contributed by atoms with Crippen molar-refractivity contribution in [2.24, 2.45) is 5.73 Å². The molecule has 0 bridgehead atoms. The van der Waals surface area contributed by atoms with E-state index >= 15 is 0 Å². The highest BCUT2D eigenvalue weighted by molar-refractivity contribution is 6.25. The van der Waals surface area contributed by atoms with Crippen LogP contribution in [0.3, 0.4) is 0 Å². The van der Waals surface area contributed by atoms with Gasteiger partial charge in [0.2, 0.25) is 0 Å². The van der Waals surface area contributed by atoms with Gasteiger partial charge in [-0.25, -0.2) is 0 Å². The van der Waals surface area contributed by atoms with Gasteiger partial charge in [0.25, 0.3) is 0 Å². The average molecular weight is 189 g/mol. The van der Waals surface area contributed by atoms with Crippen molar-refractivity contribution < 1.29 is 9.59 Å². The van der Waals surface area contributed by atoms with E-state index in [9.17, 15) is 9.59 Å². The van der Waals surface area contributed by atoms with Gasteiger partial charge in [-0.3, -0.25) is 9.59 Å². The molecular weight excluding hydrogens is 178 g/mol. The highest BCUT2D eigenvalue weighted by Crippen LogP contribution is 2.07. The van der Waals surface area contributed by atoms with Crippen LogP contribution >= 0.6 is 0 Å². The van der Waals surface area contributed by atoms with Crippen molar-refractivity contribution in [3.05, 3.63) is 47.7 Å². The van der Waals surface area contributed by atoms with E-state index in [1.54, 1.807) is 30.3 Å². The van der Waals surface area contributed by atoms with Crippen LogP contribution in [0.5, 0.6) is 0 Å². The van der Waals surface area contributed by atoms with Crippen LogP contribution in [0.15, 0.2) is 42.1 Å². The lowest BCUT2D eigenvalue weighted by atomic mass is 10.0. The molecule has 0 heterocycles. The number of ketones is 2. The molecule has 0 saturated carbocycles. The van der Waals surface area contributed by atoms with E-state index in [4.69, 9.17) is 5.73 Å². The van der Waals surface area contributed by atoms with Gasteiger partial charge in [-0.15, -0.1) is 0 Å². The lowest BCUT2D eigenvalue weighted by Crippen LogP contribution is -2.12. The highest BCUT2D eigenvalue weighted by atomic mass is 16.1. The van der Waals surface area contributed by atoms with Crippen molar-refractivity contribution >= 4 is 11.6 Å². The zero-order valence-corrected chi connectivity index (χ0v) is 7.86. The van der Waals surface area contributed by atoms with Crippen molar-refractivity contribution in [2.45, 2.75) is 6.92 Å². The summed E-state index contributed by atoms with van der Waals surface area (Å²) in [5, 5.41) is 0. The summed E-state index contributed by atoms with van der Waals surface area (Å²) in [5.41, 5.74) is 5.70. The first-order valence-electron chi connectivity index (χ1n) is 4.19. The summed E-state index contributed by atoms with van der Waals surface area (Å²) in [5.74, 6) is -0.651. The van der Waals surface area contributed by atoms with Gasteiger partial charge in [-0.2, -0.15) is 0 Å². The molecule has 0 radical (unpaired) electrons. The summed E-state index contributed by atoms with van der Waals surface area (Å²) in [6.45, 7) is 1.32. The Bertz CT molecular complexity index is 380. The molecule has 0 fully saturated rings. The summed E-state index contributed by atoms with van der Waals surface area (Å²) in [7, 11) is 0. The third-order valence-electron chi connectivity index (χ3n) is 1.83. The van der Waals surface area contributed by atoms with Crippen LogP contribution in [-0.4, -0.2) is 11.6 Å². The lowest BCUT2D eigenvalue weighted by molar-refractivity contribution is -0.113. The van der Waals surface area contributed by atoms with E-state index in [0.29, 0.717) is 5.56 Å². The number of rotatable bonds is 3. The fourth-order valence-electron chi connectivity index (χ4n) is 1.10. The first-order valence-corrected chi connectivity index (χ1v) is 4.19. The molecule has 14 heavy (non-hydrogen) atoms. The van der Waals surface area contributed by atoms with E-state index in [2.05, 4.69) is 0 Å². The van der Waals surface area contributed by atoms with Crippen LogP contribution in [0.4, 0.5) is 0 Å². The Morgan fingerprint density at radius 1 is 1.21 bits per heavy atom. The molecule has 0 aromatic heterocycles. The summed E-state index contributed by atoms with van der Waals surface area (Å²) < 4.78 is 0. The van der Waals surface area contributed by atoms with E-state index in [-0.39, 0.29) is 17.1 Å². The van der Waals surface area contributed by atoms with Gasteiger partial charge in [0.1, 0.15) is 0 Å². The second-order valence-corrected chi connectivity index (χ2v) is 2.83. The number of carbonyl (C=O) groups excluding carboxylic acids is 2. The molecule has 2 N–H and O–H groups in total. The lowest BCUT2D eigenvalue weighted by Gasteiger charge is -2.00. The summed E-state index contributed by atoms with van der Waals surface area (Å²) in [6, 6.07) is 8.57. The fraction of sp³-hybridized carbons (Fsp3) is 0.0909. The summed E-state index contributed by atoms with van der Waals surface area (Å²) in [4.78, 5) is 22.7. The Morgan fingerprint density at radius 2 is 1.79 bits per heavy atom. The number of benzene rings is 1. The van der Waals surface area contributed by atoms with E-state index in [1.165, 1.54) is 6.92 Å². The molecule has 1 aromatic rings. The number of Topliss-reactive ketones (excluding diaryl/α,β-unsaturated/α-hetero) is 2. The minimum Gasteiger partial charge on any atom is -0.404 e. The van der Waals surface area contributed by atoms with Crippen LogP contribution in [0.2, 0.25) is 0 Å². The molecule has 1 aromatic carbocycles. The van der Waals surface area contributed by atoms with E-state index in [0.717, 1.165) is 6.20 Å². The van der Waals surface area contributed by atoms with E-state index in [1.807, 2.05) is 0 Å². The first-order chi connectivity index (χ1) is 6.66. The average Bonchev–Trinajstić information content (AvgIpc) is 2.19. The molecule has 3 heteroatoms. The predicted octanol–water partition coefficient (Wildman–Crippen LogP) is 1.30. The van der Waals surface area contributed by atoms with Gasteiger partial charge in [0.15, 0.2) is 11.6 Å². The number of carbonyl (C=O) groups is 2. The monoisotopic (exact) mass is 189 g/mol. The second-order valence-electron chi connectivity index (χ2n) is 2.83. The Kier molecular flexibility index (Phi) is 3.18. The third-order valence-corrected chi connectivity index (χ3v) is 1.83. The maximum atomic E-state index is 11.6. The van der Waals surface area contributed by atoms with Crippen molar-refractivity contribution in [1.82, 2.24) is 0 Å². The SMILES string of the molecule is CC(=O)/C(=C\N)C(=O)c1ccccc1. The fourth-order valence-corrected chi connectivity index (χ4v) is 1.10. The molecule has 0 amide bonds. The molecular formula is C11H11NO2. The van der Waals surface area contributed by atoms with Crippen LogP contribution in [0, 0.1) is 0 Å².